The molecule has 0 amide bonds. The summed E-state index contributed by atoms with van der Waals surface area (Å²) >= 11 is 1.43. The van der Waals surface area contributed by atoms with Crippen LogP contribution in [0.5, 0.6) is 5.75 Å². The van der Waals surface area contributed by atoms with Crippen LogP contribution in [0.1, 0.15) is 19.8 Å². The molecular weight excluding hydrogens is 252 g/mol. The van der Waals surface area contributed by atoms with E-state index in [9.17, 15) is 4.79 Å². The van der Waals surface area contributed by atoms with Crippen LogP contribution in [0.15, 0.2) is 17.8 Å². The molecule has 0 atom stereocenters. The fourth-order valence-electron chi connectivity index (χ4n) is 1.38. The number of aromatic nitrogens is 2. The van der Waals surface area contributed by atoms with E-state index in [-0.39, 0.29) is 12.6 Å². The van der Waals surface area contributed by atoms with Crippen molar-refractivity contribution < 1.29 is 14.3 Å². The fourth-order valence-corrected chi connectivity index (χ4v) is 2.02. The van der Waals surface area contributed by atoms with Crippen molar-refractivity contribution in [1.82, 2.24) is 9.97 Å². The van der Waals surface area contributed by atoms with Gasteiger partial charge in [-0.15, -0.1) is 11.3 Å². The number of hydrogen-bond acceptors (Lipinski definition) is 6. The number of hydrogen-bond donors (Lipinski definition) is 0. The molecular formula is C12H14N2O3S. The number of nitrogens with zero attached hydrogens (tertiary/aromatic N) is 2. The van der Waals surface area contributed by atoms with Crippen LogP contribution in [0.3, 0.4) is 0 Å². The van der Waals surface area contributed by atoms with Gasteiger partial charge in [-0.3, -0.25) is 0 Å². The molecule has 96 valence electrons. The maximum absolute atomic E-state index is 11.4. The highest BCUT2D eigenvalue weighted by atomic mass is 32.1. The zero-order valence-corrected chi connectivity index (χ0v) is 10.9. The summed E-state index contributed by atoms with van der Waals surface area (Å²) in [4.78, 5) is 20.5. The van der Waals surface area contributed by atoms with Crippen molar-refractivity contribution in [2.45, 2.75) is 19.8 Å². The molecule has 0 spiro atoms. The van der Waals surface area contributed by atoms with Crippen LogP contribution >= 0.6 is 11.3 Å². The lowest BCUT2D eigenvalue weighted by atomic mass is 10.4. The van der Waals surface area contributed by atoms with Gasteiger partial charge in [-0.1, -0.05) is 13.3 Å². The number of pyridine rings is 1. The molecule has 2 aromatic rings. The van der Waals surface area contributed by atoms with E-state index in [0.29, 0.717) is 17.9 Å². The van der Waals surface area contributed by atoms with Gasteiger partial charge in [0.25, 0.3) is 0 Å². The average molecular weight is 266 g/mol. The molecule has 2 aromatic heterocycles. The van der Waals surface area contributed by atoms with Crippen LogP contribution in [0.25, 0.3) is 10.3 Å². The van der Waals surface area contributed by atoms with E-state index >= 15 is 0 Å². The average Bonchev–Trinajstić information content (AvgIpc) is 2.85. The van der Waals surface area contributed by atoms with Gasteiger partial charge in [-0.2, -0.15) is 0 Å². The van der Waals surface area contributed by atoms with Crippen molar-refractivity contribution >= 4 is 27.7 Å². The summed E-state index contributed by atoms with van der Waals surface area (Å²) in [6, 6.07) is 1.70. The highest BCUT2D eigenvalue weighted by Crippen LogP contribution is 2.24. The van der Waals surface area contributed by atoms with Crippen LogP contribution in [0.4, 0.5) is 0 Å². The van der Waals surface area contributed by atoms with Crippen LogP contribution in [-0.4, -0.2) is 29.2 Å². The molecule has 0 saturated heterocycles. The maximum atomic E-state index is 11.4. The third-order valence-corrected chi connectivity index (χ3v) is 3.04. The molecule has 0 aliphatic heterocycles. The molecule has 5 nitrogen and oxygen atoms in total. The normalized spacial score (nSPS) is 10.5. The lowest BCUT2D eigenvalue weighted by Crippen LogP contribution is -2.15. The Morgan fingerprint density at radius 3 is 3.17 bits per heavy atom. The molecule has 0 aliphatic carbocycles. The molecule has 0 aliphatic rings. The second-order valence-electron chi connectivity index (χ2n) is 3.68. The Balaban J connectivity index is 1.90. The minimum Gasteiger partial charge on any atom is -0.479 e. The summed E-state index contributed by atoms with van der Waals surface area (Å²) in [5.41, 5.74) is 2.38. The first-order valence-corrected chi connectivity index (χ1v) is 6.66. The van der Waals surface area contributed by atoms with E-state index in [4.69, 9.17) is 9.47 Å². The number of thiazole rings is 1. The SMILES string of the molecule is CCCCOC(=O)COc1ccnc2scnc12. The van der Waals surface area contributed by atoms with Crippen molar-refractivity contribution in [2.75, 3.05) is 13.2 Å². The lowest BCUT2D eigenvalue weighted by Gasteiger charge is -2.06. The van der Waals surface area contributed by atoms with Gasteiger partial charge in [0.15, 0.2) is 6.61 Å². The molecule has 2 heterocycles. The third-order valence-electron chi connectivity index (χ3n) is 2.31. The monoisotopic (exact) mass is 266 g/mol. The second kappa shape index (κ2) is 6.30. The van der Waals surface area contributed by atoms with Crippen LogP contribution in [-0.2, 0) is 9.53 Å². The van der Waals surface area contributed by atoms with Gasteiger partial charge in [0.2, 0.25) is 0 Å². The number of carbonyl (C=O) groups is 1. The second-order valence-corrected chi connectivity index (χ2v) is 4.51. The van der Waals surface area contributed by atoms with Gasteiger partial charge < -0.3 is 9.47 Å². The highest BCUT2D eigenvalue weighted by molar-refractivity contribution is 7.16. The number of rotatable bonds is 6. The van der Waals surface area contributed by atoms with Gasteiger partial charge in [-0.25, -0.2) is 14.8 Å². The largest absolute Gasteiger partial charge is 0.479 e. The molecule has 18 heavy (non-hydrogen) atoms. The molecule has 0 bridgehead atoms. The molecule has 0 N–H and O–H groups in total. The number of carbonyl (C=O) groups excluding carboxylic acids is 1. The Morgan fingerprint density at radius 2 is 2.33 bits per heavy atom. The van der Waals surface area contributed by atoms with E-state index in [0.717, 1.165) is 17.7 Å². The summed E-state index contributed by atoms with van der Waals surface area (Å²) in [5, 5.41) is 0. The van der Waals surface area contributed by atoms with Crippen molar-refractivity contribution in [1.29, 1.82) is 0 Å². The first-order chi connectivity index (χ1) is 8.81. The van der Waals surface area contributed by atoms with Gasteiger partial charge in [0.1, 0.15) is 16.1 Å². The summed E-state index contributed by atoms with van der Waals surface area (Å²) in [5.74, 6) is 0.206. The van der Waals surface area contributed by atoms with Crippen LogP contribution < -0.4 is 4.74 Å². The third kappa shape index (κ3) is 3.16. The number of ether oxygens (including phenoxy) is 2. The summed E-state index contributed by atoms with van der Waals surface area (Å²) in [6.45, 7) is 2.39. The Bertz CT molecular complexity index is 527. The summed E-state index contributed by atoms with van der Waals surface area (Å²) in [7, 11) is 0. The minimum absolute atomic E-state index is 0.0969. The van der Waals surface area contributed by atoms with E-state index in [2.05, 4.69) is 9.97 Å². The predicted molar refractivity (Wildman–Crippen MR) is 68.8 cm³/mol. The molecule has 0 unspecified atom stereocenters. The van der Waals surface area contributed by atoms with Crippen molar-refractivity contribution in [3.63, 3.8) is 0 Å². The van der Waals surface area contributed by atoms with Gasteiger partial charge in [0, 0.05) is 12.3 Å². The highest BCUT2D eigenvalue weighted by Gasteiger charge is 2.08. The summed E-state index contributed by atoms with van der Waals surface area (Å²) < 4.78 is 10.4. The number of fused-ring (bicyclic) bond motifs is 1. The van der Waals surface area contributed by atoms with Crippen molar-refractivity contribution in [3.05, 3.63) is 17.8 Å². The van der Waals surface area contributed by atoms with Crippen molar-refractivity contribution in [2.24, 2.45) is 0 Å². The molecule has 6 heteroatoms. The number of unbranched alkanes of at least 4 members (excludes halogenated alkanes) is 1. The molecule has 2 rings (SSSR count). The fraction of sp³-hybridized carbons (Fsp3) is 0.417. The molecule has 0 fully saturated rings. The first-order valence-electron chi connectivity index (χ1n) is 5.78. The van der Waals surface area contributed by atoms with Gasteiger partial charge in [-0.05, 0) is 6.42 Å². The predicted octanol–water partition coefficient (Wildman–Crippen LogP) is 2.41. The van der Waals surface area contributed by atoms with Crippen molar-refractivity contribution in [3.8, 4) is 5.75 Å². The topological polar surface area (TPSA) is 61.3 Å². The van der Waals surface area contributed by atoms with E-state index < -0.39 is 0 Å². The minimum atomic E-state index is -0.358. The van der Waals surface area contributed by atoms with Gasteiger partial charge >= 0.3 is 5.97 Å². The van der Waals surface area contributed by atoms with E-state index in [1.807, 2.05) is 6.92 Å². The molecule has 0 saturated carbocycles. The Kier molecular flexibility index (Phi) is 4.46. The first kappa shape index (κ1) is 12.8. The zero-order valence-electron chi connectivity index (χ0n) is 10.1. The van der Waals surface area contributed by atoms with E-state index in [1.54, 1.807) is 17.8 Å². The zero-order chi connectivity index (χ0) is 12.8. The summed E-state index contributed by atoms with van der Waals surface area (Å²) in [6.07, 6.45) is 3.51. The van der Waals surface area contributed by atoms with Crippen LogP contribution in [0.2, 0.25) is 0 Å². The molecule has 0 aromatic carbocycles. The Labute approximate surface area is 109 Å². The smallest absolute Gasteiger partial charge is 0.344 e. The molecule has 0 radical (unpaired) electrons. The quantitative estimate of drug-likeness (QED) is 0.593. The van der Waals surface area contributed by atoms with Crippen LogP contribution in [0, 0.1) is 0 Å². The van der Waals surface area contributed by atoms with E-state index in [1.165, 1.54) is 11.3 Å². The maximum Gasteiger partial charge on any atom is 0.344 e. The number of esters is 1. The Morgan fingerprint density at radius 1 is 1.44 bits per heavy atom. The van der Waals surface area contributed by atoms with Gasteiger partial charge in [0.05, 0.1) is 12.1 Å². The standard InChI is InChI=1S/C12H14N2O3S/c1-2-3-6-16-10(15)7-17-9-4-5-13-12-11(9)14-8-18-12/h4-5,8H,2-3,6-7H2,1H3. The Hall–Kier alpha value is -1.69. The lowest BCUT2D eigenvalue weighted by molar-refractivity contribution is -0.146.